The molecule has 0 saturated heterocycles. The van der Waals surface area contributed by atoms with Crippen LogP contribution in [-0.4, -0.2) is 97.9 Å². The van der Waals surface area contributed by atoms with Gasteiger partial charge in [-0.2, -0.15) is 0 Å². The maximum absolute atomic E-state index is 13.6. The van der Waals surface area contributed by atoms with Crippen LogP contribution in [0.3, 0.4) is 0 Å². The van der Waals surface area contributed by atoms with Crippen LogP contribution in [0, 0.1) is 5.92 Å². The van der Waals surface area contributed by atoms with Crippen LogP contribution < -0.4 is 15.4 Å². The fourth-order valence-electron chi connectivity index (χ4n) is 5.00. The van der Waals surface area contributed by atoms with Crippen molar-refractivity contribution in [2.24, 2.45) is 5.92 Å². The number of aromatic nitrogens is 4. The van der Waals surface area contributed by atoms with E-state index in [0.29, 0.717) is 24.5 Å². The highest BCUT2D eigenvalue weighted by Crippen LogP contribution is 2.31. The first kappa shape index (κ1) is 28.3. The van der Waals surface area contributed by atoms with Gasteiger partial charge >= 0.3 is 6.03 Å². The third-order valence-electron chi connectivity index (χ3n) is 7.38. The molecule has 4 rings (SSSR count). The minimum Gasteiger partial charge on any atom is -0.487 e. The molecule has 1 aromatic heterocycles. The molecule has 3 atom stereocenters. The lowest BCUT2D eigenvalue weighted by Gasteiger charge is -2.38. The topological polar surface area (TPSA) is 155 Å². The maximum atomic E-state index is 13.6. The Hall–Kier alpha value is -3.74. The molecule has 0 unspecified atom stereocenters. The summed E-state index contributed by atoms with van der Waals surface area (Å²) in [6.07, 6.45) is 6.37. The molecule has 2 heterocycles. The van der Waals surface area contributed by atoms with Crippen LogP contribution in [0.4, 0.5) is 10.5 Å². The summed E-state index contributed by atoms with van der Waals surface area (Å²) in [5.74, 6) is -0.445. The number of rotatable bonds is 8. The van der Waals surface area contributed by atoms with E-state index in [2.05, 4.69) is 26.2 Å². The smallest absolute Gasteiger partial charge is 0.317 e. The number of carbonyl (C=O) groups excluding carboxylic acids is 3. The van der Waals surface area contributed by atoms with Gasteiger partial charge in [-0.25, -0.2) is 9.48 Å². The largest absolute Gasteiger partial charge is 0.487 e. The summed E-state index contributed by atoms with van der Waals surface area (Å²) in [5.41, 5.74) is 0.677. The zero-order valence-electron chi connectivity index (χ0n) is 22.7. The molecule has 0 bridgehead atoms. The summed E-state index contributed by atoms with van der Waals surface area (Å²) in [5, 5.41) is 26.5. The highest BCUT2D eigenvalue weighted by atomic mass is 16.5. The Balaban J connectivity index is 1.53. The summed E-state index contributed by atoms with van der Waals surface area (Å²) >= 11 is 0. The molecule has 212 valence electrons. The molecule has 0 radical (unpaired) electrons. The van der Waals surface area contributed by atoms with Crippen LogP contribution in [-0.2, 0) is 11.3 Å². The van der Waals surface area contributed by atoms with E-state index in [1.807, 2.05) is 6.92 Å². The van der Waals surface area contributed by atoms with Crippen molar-refractivity contribution in [1.29, 1.82) is 0 Å². The Kier molecular flexibility index (Phi) is 9.33. The fraction of sp³-hybridized carbons (Fsp3) is 0.615. The summed E-state index contributed by atoms with van der Waals surface area (Å²) in [6, 6.07) is 4.49. The number of anilines is 1. The number of carbonyl (C=O) groups is 3. The molecule has 1 saturated carbocycles. The van der Waals surface area contributed by atoms with Gasteiger partial charge in [0.05, 0.1) is 24.8 Å². The molecule has 13 nitrogen and oxygen atoms in total. The third-order valence-corrected chi connectivity index (χ3v) is 7.38. The molecule has 2 aliphatic rings. The maximum Gasteiger partial charge on any atom is 0.317 e. The van der Waals surface area contributed by atoms with Crippen molar-refractivity contribution in [3.63, 3.8) is 0 Å². The van der Waals surface area contributed by atoms with Gasteiger partial charge in [-0.1, -0.05) is 26.2 Å². The van der Waals surface area contributed by atoms with E-state index in [4.69, 9.17) is 4.74 Å². The highest BCUT2D eigenvalue weighted by Gasteiger charge is 2.34. The molecule has 0 spiro atoms. The van der Waals surface area contributed by atoms with Gasteiger partial charge in [-0.05, 0) is 48.4 Å². The number of nitrogens with one attached hydrogen (secondary N) is 2. The molecule has 1 aliphatic carbocycles. The van der Waals surface area contributed by atoms with E-state index in [1.54, 1.807) is 42.0 Å². The van der Waals surface area contributed by atoms with Gasteiger partial charge in [0, 0.05) is 31.2 Å². The number of ether oxygens (including phenoxy) is 1. The molecule has 1 fully saturated rings. The predicted octanol–water partition coefficient (Wildman–Crippen LogP) is 1.51. The first-order chi connectivity index (χ1) is 18.7. The quantitative estimate of drug-likeness (QED) is 0.453. The van der Waals surface area contributed by atoms with Gasteiger partial charge in [0.1, 0.15) is 24.7 Å². The number of likely N-dealkylation sites (N-methyl/N-ethyl adjacent to an activating group) is 1. The van der Waals surface area contributed by atoms with Crippen LogP contribution in [0.2, 0.25) is 0 Å². The number of tetrazole rings is 1. The fourth-order valence-corrected chi connectivity index (χ4v) is 5.00. The number of hydrogen-bond donors (Lipinski definition) is 3. The molecule has 1 aliphatic heterocycles. The molecule has 4 amide bonds. The van der Waals surface area contributed by atoms with E-state index in [9.17, 15) is 19.5 Å². The van der Waals surface area contributed by atoms with Crippen molar-refractivity contribution in [3.05, 3.63) is 30.1 Å². The van der Waals surface area contributed by atoms with Gasteiger partial charge in [-0.3, -0.25) is 9.59 Å². The number of aliphatic hydroxyl groups is 1. The number of urea groups is 1. The Morgan fingerprint density at radius 1 is 1.26 bits per heavy atom. The van der Waals surface area contributed by atoms with Crippen molar-refractivity contribution >= 4 is 23.5 Å². The summed E-state index contributed by atoms with van der Waals surface area (Å²) in [6.45, 7) is 4.12. The van der Waals surface area contributed by atoms with Crippen molar-refractivity contribution in [2.75, 3.05) is 32.1 Å². The van der Waals surface area contributed by atoms with E-state index < -0.39 is 12.1 Å². The third kappa shape index (κ3) is 7.22. The second-order valence-corrected chi connectivity index (χ2v) is 10.6. The second-order valence-electron chi connectivity index (χ2n) is 10.6. The number of benzene rings is 1. The van der Waals surface area contributed by atoms with Crippen molar-refractivity contribution < 1.29 is 24.2 Å². The van der Waals surface area contributed by atoms with Gasteiger partial charge in [-0.15, -0.1) is 5.10 Å². The lowest BCUT2D eigenvalue weighted by atomic mass is 9.96. The van der Waals surface area contributed by atoms with Gasteiger partial charge in [0.2, 0.25) is 5.91 Å². The van der Waals surface area contributed by atoms with Gasteiger partial charge in [0.25, 0.3) is 5.91 Å². The van der Waals surface area contributed by atoms with Crippen LogP contribution in [0.1, 0.15) is 56.3 Å². The average Bonchev–Trinajstić information content (AvgIpc) is 3.43. The van der Waals surface area contributed by atoms with Crippen molar-refractivity contribution in [1.82, 2.24) is 35.3 Å². The second kappa shape index (κ2) is 12.9. The molecule has 1 aromatic carbocycles. The lowest BCUT2D eigenvalue weighted by Crippen LogP contribution is -2.52. The molecular formula is C26H38N8O5. The Morgan fingerprint density at radius 3 is 2.72 bits per heavy atom. The molecule has 13 heteroatoms. The Bertz CT molecular complexity index is 1140. The molecule has 3 N–H and O–H groups in total. The van der Waals surface area contributed by atoms with Gasteiger partial charge < -0.3 is 30.3 Å². The molecular weight excluding hydrogens is 504 g/mol. The van der Waals surface area contributed by atoms with Crippen LogP contribution in [0.15, 0.2) is 24.5 Å². The lowest BCUT2D eigenvalue weighted by molar-refractivity contribution is -0.116. The van der Waals surface area contributed by atoms with Crippen LogP contribution >= 0.6 is 0 Å². The summed E-state index contributed by atoms with van der Waals surface area (Å²) < 4.78 is 7.65. The minimum absolute atomic E-state index is 0.0863. The zero-order chi connectivity index (χ0) is 27.9. The first-order valence-corrected chi connectivity index (χ1v) is 13.5. The number of nitrogens with zero attached hydrogens (tertiary/aromatic N) is 6. The zero-order valence-corrected chi connectivity index (χ0v) is 22.7. The SMILES string of the molecule is C[C@@H]1CN([C@H](C)CO)C(=O)c2cc(NC(=O)Cn3cnnn3)ccc2O[C@H]1CN(C)C(=O)NC1CCCCC1. The number of amides is 4. The number of aliphatic hydroxyl groups excluding tert-OH is 1. The van der Waals surface area contributed by atoms with Crippen LogP contribution in [0.25, 0.3) is 0 Å². The van der Waals surface area contributed by atoms with Gasteiger partial charge in [0.15, 0.2) is 0 Å². The molecule has 2 aromatic rings. The van der Waals surface area contributed by atoms with E-state index in [1.165, 1.54) is 17.4 Å². The van der Waals surface area contributed by atoms with E-state index in [-0.39, 0.29) is 48.5 Å². The monoisotopic (exact) mass is 542 g/mol. The number of hydrogen-bond acceptors (Lipinski definition) is 8. The van der Waals surface area contributed by atoms with Crippen molar-refractivity contribution in [3.8, 4) is 5.75 Å². The summed E-state index contributed by atoms with van der Waals surface area (Å²) in [4.78, 5) is 42.2. The van der Waals surface area contributed by atoms with E-state index >= 15 is 0 Å². The average molecular weight is 543 g/mol. The van der Waals surface area contributed by atoms with E-state index in [0.717, 1.165) is 25.7 Å². The molecule has 39 heavy (non-hydrogen) atoms. The predicted molar refractivity (Wildman–Crippen MR) is 142 cm³/mol. The Labute approximate surface area is 227 Å². The normalized spacial score (nSPS) is 20.7. The highest BCUT2D eigenvalue weighted by molar-refractivity contribution is 5.99. The standard InChI is InChI=1S/C26H38N8O5/c1-17-12-34(18(2)15-35)25(37)21-11-20(28-24(36)14-33-16-27-30-31-33)9-10-22(21)39-23(17)13-32(3)26(38)29-19-7-5-4-6-8-19/h9-11,16-19,23,35H,4-8,12-15H2,1-3H3,(H,28,36)(H,29,38)/t17-,18-,23+/m1/s1. The van der Waals surface area contributed by atoms with Crippen molar-refractivity contribution in [2.45, 2.75) is 70.7 Å². The summed E-state index contributed by atoms with van der Waals surface area (Å²) in [7, 11) is 1.75. The Morgan fingerprint density at radius 2 is 2.03 bits per heavy atom. The minimum atomic E-state index is -0.433. The first-order valence-electron chi connectivity index (χ1n) is 13.5. The van der Waals surface area contributed by atoms with Crippen LogP contribution in [0.5, 0.6) is 5.75 Å². The number of fused-ring (bicyclic) bond motifs is 1.